The fourth-order valence-electron chi connectivity index (χ4n) is 3.60. The summed E-state index contributed by atoms with van der Waals surface area (Å²) >= 11 is 0. The standard InChI is InChI=1S/C23H24N2O5/c1-12-9-16-15(4)21(30-18(16)10-13(12)2)20(26)19-14(3)17(11-24)22(27)25(23(19)28)7-6-8-29-5/h9-10,28H,6-8H2,1-5H3. The molecule has 0 unspecified atom stereocenters. The molecule has 3 rings (SSSR count). The van der Waals surface area contributed by atoms with Gasteiger partial charge in [-0.3, -0.25) is 14.2 Å². The zero-order valence-corrected chi connectivity index (χ0v) is 17.8. The molecule has 1 N–H and O–H groups in total. The van der Waals surface area contributed by atoms with Crippen molar-refractivity contribution >= 4 is 16.8 Å². The summed E-state index contributed by atoms with van der Waals surface area (Å²) in [7, 11) is 1.53. The van der Waals surface area contributed by atoms with Gasteiger partial charge in [-0.2, -0.15) is 5.26 Å². The molecule has 7 nitrogen and oxygen atoms in total. The number of hydrogen-bond donors (Lipinski definition) is 1. The average Bonchev–Trinajstić information content (AvgIpc) is 3.01. The largest absolute Gasteiger partial charge is 0.494 e. The molecule has 30 heavy (non-hydrogen) atoms. The Morgan fingerprint density at radius 1 is 1.20 bits per heavy atom. The van der Waals surface area contributed by atoms with Crippen LogP contribution in [-0.4, -0.2) is 29.2 Å². The minimum Gasteiger partial charge on any atom is -0.494 e. The van der Waals surface area contributed by atoms with Gasteiger partial charge in [0.05, 0.1) is 5.56 Å². The molecule has 1 aromatic carbocycles. The Balaban J connectivity index is 2.22. The van der Waals surface area contributed by atoms with E-state index in [4.69, 9.17) is 9.15 Å². The molecule has 0 saturated carbocycles. The maximum atomic E-state index is 13.4. The van der Waals surface area contributed by atoms with Gasteiger partial charge in [0, 0.05) is 31.2 Å². The number of rotatable bonds is 6. The first-order valence-electron chi connectivity index (χ1n) is 9.63. The molecule has 0 bridgehead atoms. The molecule has 7 heteroatoms. The number of furan rings is 1. The Morgan fingerprint density at radius 3 is 2.50 bits per heavy atom. The number of nitrogens with zero attached hydrogens (tertiary/aromatic N) is 2. The molecule has 2 aromatic heterocycles. The number of pyridine rings is 1. The van der Waals surface area contributed by atoms with E-state index in [1.165, 1.54) is 14.0 Å². The normalized spacial score (nSPS) is 11.1. The lowest BCUT2D eigenvalue weighted by molar-refractivity contribution is 0.100. The molecule has 0 fully saturated rings. The van der Waals surface area contributed by atoms with E-state index in [1.54, 1.807) is 6.92 Å². The summed E-state index contributed by atoms with van der Waals surface area (Å²) in [6.07, 6.45) is 0.438. The number of carbonyl (C=O) groups excluding carboxylic acids is 1. The van der Waals surface area contributed by atoms with Gasteiger partial charge in [-0.25, -0.2) is 0 Å². The summed E-state index contributed by atoms with van der Waals surface area (Å²) in [6.45, 7) is 7.68. The van der Waals surface area contributed by atoms with Crippen LogP contribution in [0.5, 0.6) is 5.88 Å². The highest BCUT2D eigenvalue weighted by molar-refractivity contribution is 6.12. The van der Waals surface area contributed by atoms with E-state index >= 15 is 0 Å². The number of methoxy groups -OCH3 is 1. The maximum absolute atomic E-state index is 13.4. The number of ketones is 1. The van der Waals surface area contributed by atoms with E-state index in [1.807, 2.05) is 32.0 Å². The summed E-state index contributed by atoms with van der Waals surface area (Å²) in [5, 5.41) is 21.1. The summed E-state index contributed by atoms with van der Waals surface area (Å²) in [6, 6.07) is 5.69. The average molecular weight is 408 g/mol. The van der Waals surface area contributed by atoms with Crippen molar-refractivity contribution in [1.82, 2.24) is 4.57 Å². The van der Waals surface area contributed by atoms with Gasteiger partial charge in [-0.15, -0.1) is 0 Å². The van der Waals surface area contributed by atoms with Crippen LogP contribution in [0.4, 0.5) is 0 Å². The van der Waals surface area contributed by atoms with Crippen LogP contribution in [0.25, 0.3) is 11.0 Å². The number of fused-ring (bicyclic) bond motifs is 1. The second kappa shape index (κ2) is 8.17. The second-order valence-electron chi connectivity index (χ2n) is 7.43. The van der Waals surface area contributed by atoms with Gasteiger partial charge in [0.15, 0.2) is 5.76 Å². The van der Waals surface area contributed by atoms with Gasteiger partial charge < -0.3 is 14.3 Å². The maximum Gasteiger partial charge on any atom is 0.271 e. The third-order valence-corrected chi connectivity index (χ3v) is 5.52. The number of aryl methyl sites for hydroxylation is 3. The number of ether oxygens (including phenoxy) is 1. The number of benzene rings is 1. The third kappa shape index (κ3) is 3.40. The fourth-order valence-corrected chi connectivity index (χ4v) is 3.60. The highest BCUT2D eigenvalue weighted by Gasteiger charge is 2.28. The lowest BCUT2D eigenvalue weighted by Gasteiger charge is -2.15. The Labute approximate surface area is 174 Å². The highest BCUT2D eigenvalue weighted by atomic mass is 16.5. The minimum atomic E-state index is -0.632. The Bertz CT molecular complexity index is 1260. The lowest BCUT2D eigenvalue weighted by atomic mass is 9.98. The number of nitriles is 1. The number of carbonyl (C=O) groups is 1. The number of aromatic hydroxyl groups is 1. The fraction of sp³-hybridized carbons (Fsp3) is 0.348. The number of aromatic nitrogens is 1. The van der Waals surface area contributed by atoms with Crippen LogP contribution in [0, 0.1) is 39.0 Å². The van der Waals surface area contributed by atoms with Crippen molar-refractivity contribution in [1.29, 1.82) is 5.26 Å². The first kappa shape index (κ1) is 21.3. The third-order valence-electron chi connectivity index (χ3n) is 5.52. The predicted octanol–water partition coefficient (Wildman–Crippen LogP) is 3.67. The summed E-state index contributed by atoms with van der Waals surface area (Å²) in [5.41, 5.74) is 2.56. The molecule has 2 heterocycles. The molecule has 0 spiro atoms. The molecule has 0 radical (unpaired) electrons. The van der Waals surface area contributed by atoms with E-state index < -0.39 is 17.2 Å². The molecule has 0 saturated heterocycles. The van der Waals surface area contributed by atoms with Crippen LogP contribution in [0.1, 0.15) is 50.4 Å². The first-order chi connectivity index (χ1) is 14.2. The molecule has 3 aromatic rings. The van der Waals surface area contributed by atoms with Gasteiger partial charge in [0.1, 0.15) is 17.2 Å². The summed E-state index contributed by atoms with van der Waals surface area (Å²) in [4.78, 5) is 26.0. The molecular formula is C23H24N2O5. The topological polar surface area (TPSA) is 105 Å². The van der Waals surface area contributed by atoms with Gasteiger partial charge in [-0.05, 0) is 62.9 Å². The van der Waals surface area contributed by atoms with Gasteiger partial charge in [0.2, 0.25) is 11.7 Å². The second-order valence-corrected chi connectivity index (χ2v) is 7.43. The van der Waals surface area contributed by atoms with Gasteiger partial charge >= 0.3 is 0 Å². The van der Waals surface area contributed by atoms with Crippen molar-refractivity contribution in [2.24, 2.45) is 0 Å². The summed E-state index contributed by atoms with van der Waals surface area (Å²) in [5.74, 6) is -0.949. The van der Waals surface area contributed by atoms with Crippen LogP contribution in [-0.2, 0) is 11.3 Å². The smallest absolute Gasteiger partial charge is 0.271 e. The van der Waals surface area contributed by atoms with Crippen molar-refractivity contribution in [2.75, 3.05) is 13.7 Å². The van der Waals surface area contributed by atoms with Crippen molar-refractivity contribution in [2.45, 2.75) is 40.7 Å². The van der Waals surface area contributed by atoms with E-state index in [9.17, 15) is 20.0 Å². The van der Waals surface area contributed by atoms with Crippen molar-refractivity contribution < 1.29 is 19.1 Å². The lowest BCUT2D eigenvalue weighted by Crippen LogP contribution is -2.27. The monoisotopic (exact) mass is 408 g/mol. The zero-order chi connectivity index (χ0) is 22.2. The Kier molecular flexibility index (Phi) is 5.81. The Hall–Kier alpha value is -3.37. The van der Waals surface area contributed by atoms with E-state index in [0.717, 1.165) is 21.1 Å². The molecule has 0 amide bonds. The van der Waals surface area contributed by atoms with E-state index in [-0.39, 0.29) is 29.0 Å². The molecule has 0 aliphatic heterocycles. The first-order valence-corrected chi connectivity index (χ1v) is 9.63. The van der Waals surface area contributed by atoms with Crippen LogP contribution in [0.2, 0.25) is 0 Å². The van der Waals surface area contributed by atoms with Crippen LogP contribution >= 0.6 is 0 Å². The van der Waals surface area contributed by atoms with Gasteiger partial charge in [-0.1, -0.05) is 0 Å². The van der Waals surface area contributed by atoms with Crippen LogP contribution < -0.4 is 5.56 Å². The van der Waals surface area contributed by atoms with Crippen molar-refractivity contribution in [3.63, 3.8) is 0 Å². The molecule has 156 valence electrons. The SMILES string of the molecule is COCCCn1c(O)c(C(=O)c2oc3cc(C)c(C)cc3c2C)c(C)c(C#N)c1=O. The van der Waals surface area contributed by atoms with Gasteiger partial charge in [0.25, 0.3) is 5.56 Å². The van der Waals surface area contributed by atoms with Crippen molar-refractivity contribution in [3.05, 3.63) is 61.6 Å². The van der Waals surface area contributed by atoms with Crippen molar-refractivity contribution in [3.8, 4) is 11.9 Å². The predicted molar refractivity (Wildman–Crippen MR) is 112 cm³/mol. The Morgan fingerprint density at radius 2 is 1.87 bits per heavy atom. The quantitative estimate of drug-likeness (QED) is 0.493. The molecule has 0 aliphatic carbocycles. The molecule has 0 aliphatic rings. The number of hydrogen-bond acceptors (Lipinski definition) is 6. The van der Waals surface area contributed by atoms with Crippen LogP contribution in [0.3, 0.4) is 0 Å². The summed E-state index contributed by atoms with van der Waals surface area (Å²) < 4.78 is 11.9. The van der Waals surface area contributed by atoms with E-state index in [2.05, 4.69) is 0 Å². The van der Waals surface area contributed by atoms with Crippen LogP contribution in [0.15, 0.2) is 21.3 Å². The highest BCUT2D eigenvalue weighted by Crippen LogP contribution is 2.32. The molecular weight excluding hydrogens is 384 g/mol. The van der Waals surface area contributed by atoms with E-state index in [0.29, 0.717) is 24.2 Å². The zero-order valence-electron chi connectivity index (χ0n) is 17.8. The molecule has 0 atom stereocenters. The minimum absolute atomic E-state index is 0.0828.